The molecular formula is C12H17N3O5S. The molecule has 2 rings (SSSR count). The highest BCUT2D eigenvalue weighted by atomic mass is 32.2. The smallest absolute Gasteiger partial charge is 0.292 e. The van der Waals surface area contributed by atoms with Gasteiger partial charge in [0.1, 0.15) is 5.69 Å². The minimum absolute atomic E-state index is 0.0363. The zero-order valence-corrected chi connectivity index (χ0v) is 12.6. The maximum Gasteiger partial charge on any atom is 0.292 e. The Hall–Kier alpha value is -1.71. The third kappa shape index (κ3) is 2.99. The number of nitrogens with zero attached hydrogens (tertiary/aromatic N) is 2. The molecule has 1 N–H and O–H groups in total. The number of sulfonamides is 1. The number of rotatable bonds is 5. The first-order valence-electron chi connectivity index (χ1n) is 6.39. The van der Waals surface area contributed by atoms with Gasteiger partial charge >= 0.3 is 0 Å². The maximum absolute atomic E-state index is 12.5. The van der Waals surface area contributed by atoms with Crippen molar-refractivity contribution in [3.05, 3.63) is 28.3 Å². The molecule has 0 aromatic heterocycles. The zero-order valence-electron chi connectivity index (χ0n) is 11.8. The molecule has 1 saturated heterocycles. The Labute approximate surface area is 122 Å². The van der Waals surface area contributed by atoms with Crippen molar-refractivity contribution in [2.24, 2.45) is 0 Å². The van der Waals surface area contributed by atoms with E-state index in [2.05, 4.69) is 5.32 Å². The van der Waals surface area contributed by atoms with E-state index in [4.69, 9.17) is 4.74 Å². The minimum atomic E-state index is -3.67. The third-order valence-electron chi connectivity index (χ3n) is 3.51. The fourth-order valence-corrected chi connectivity index (χ4v) is 3.81. The van der Waals surface area contributed by atoms with Crippen LogP contribution < -0.4 is 5.32 Å². The van der Waals surface area contributed by atoms with Crippen molar-refractivity contribution in [2.45, 2.75) is 17.4 Å². The highest BCUT2D eigenvalue weighted by molar-refractivity contribution is 7.89. The van der Waals surface area contributed by atoms with Crippen LogP contribution in [0, 0.1) is 10.1 Å². The van der Waals surface area contributed by atoms with Crippen molar-refractivity contribution in [2.75, 3.05) is 32.6 Å². The highest BCUT2D eigenvalue weighted by Gasteiger charge is 2.33. The Balaban J connectivity index is 2.35. The van der Waals surface area contributed by atoms with Crippen LogP contribution in [0.5, 0.6) is 0 Å². The van der Waals surface area contributed by atoms with Gasteiger partial charge < -0.3 is 10.1 Å². The molecule has 1 fully saturated rings. The molecule has 21 heavy (non-hydrogen) atoms. The van der Waals surface area contributed by atoms with Crippen molar-refractivity contribution in [1.82, 2.24) is 4.31 Å². The summed E-state index contributed by atoms with van der Waals surface area (Å²) in [5.74, 6) is 0. The molecule has 0 amide bonds. The summed E-state index contributed by atoms with van der Waals surface area (Å²) in [5.41, 5.74) is 0.0104. The van der Waals surface area contributed by atoms with Crippen LogP contribution in [0.3, 0.4) is 0 Å². The average molecular weight is 315 g/mol. The molecule has 0 radical (unpaired) electrons. The summed E-state index contributed by atoms with van der Waals surface area (Å²) >= 11 is 0. The molecule has 1 unspecified atom stereocenters. The standard InChI is InChI=1S/C12H17N3O5S/c1-13-11-7-10(3-4-12(11)15(16)17)21(18,19)14-6-5-9(8-14)20-2/h3-4,7,9,13H,5-6,8H2,1-2H3. The van der Waals surface area contributed by atoms with E-state index in [1.54, 1.807) is 7.11 Å². The second-order valence-corrected chi connectivity index (χ2v) is 6.63. The van der Waals surface area contributed by atoms with Crippen LogP contribution in [0.1, 0.15) is 6.42 Å². The fourth-order valence-electron chi connectivity index (χ4n) is 2.29. The first kappa shape index (κ1) is 15.7. The molecular weight excluding hydrogens is 298 g/mol. The van der Waals surface area contributed by atoms with Gasteiger partial charge in [0.05, 0.1) is 15.9 Å². The topological polar surface area (TPSA) is 102 Å². The molecule has 8 nitrogen and oxygen atoms in total. The normalized spacial score (nSPS) is 19.6. The molecule has 0 saturated carbocycles. The summed E-state index contributed by atoms with van der Waals surface area (Å²) in [5, 5.41) is 13.5. The van der Waals surface area contributed by atoms with E-state index in [0.717, 1.165) is 0 Å². The summed E-state index contributed by atoms with van der Waals surface area (Å²) in [6.45, 7) is 0.678. The largest absolute Gasteiger partial charge is 0.383 e. The van der Waals surface area contributed by atoms with Crippen LogP contribution in [-0.2, 0) is 14.8 Å². The first-order valence-corrected chi connectivity index (χ1v) is 7.83. The zero-order chi connectivity index (χ0) is 15.6. The van der Waals surface area contributed by atoms with Crippen LogP contribution in [0.2, 0.25) is 0 Å². The van der Waals surface area contributed by atoms with Gasteiger partial charge in [-0.3, -0.25) is 10.1 Å². The SMILES string of the molecule is CNc1cc(S(=O)(=O)N2CCC(OC)C2)ccc1[N+](=O)[O-]. The first-order chi connectivity index (χ1) is 9.90. The Morgan fingerprint density at radius 2 is 2.19 bits per heavy atom. The molecule has 0 bridgehead atoms. The van der Waals surface area contributed by atoms with E-state index >= 15 is 0 Å². The number of anilines is 1. The van der Waals surface area contributed by atoms with Crippen LogP contribution in [0.25, 0.3) is 0 Å². The van der Waals surface area contributed by atoms with Crippen LogP contribution in [0.4, 0.5) is 11.4 Å². The Morgan fingerprint density at radius 1 is 1.48 bits per heavy atom. The Bertz CT molecular complexity index is 646. The van der Waals surface area contributed by atoms with Crippen LogP contribution in [-0.4, -0.2) is 51.0 Å². The number of ether oxygens (including phenoxy) is 1. The van der Waals surface area contributed by atoms with Gasteiger partial charge in [-0.1, -0.05) is 0 Å². The summed E-state index contributed by atoms with van der Waals surface area (Å²) in [6, 6.07) is 3.74. The van der Waals surface area contributed by atoms with E-state index in [-0.39, 0.29) is 22.4 Å². The monoisotopic (exact) mass is 315 g/mol. The lowest BCUT2D eigenvalue weighted by atomic mass is 10.3. The quantitative estimate of drug-likeness (QED) is 0.643. The number of benzene rings is 1. The van der Waals surface area contributed by atoms with Crippen molar-refractivity contribution in [3.63, 3.8) is 0 Å². The van der Waals surface area contributed by atoms with Crippen molar-refractivity contribution < 1.29 is 18.1 Å². The number of nitrogens with one attached hydrogen (secondary N) is 1. The molecule has 1 heterocycles. The predicted molar refractivity (Wildman–Crippen MR) is 76.8 cm³/mol. The lowest BCUT2D eigenvalue weighted by Crippen LogP contribution is -2.30. The van der Waals surface area contributed by atoms with E-state index in [1.165, 1.54) is 29.6 Å². The fraction of sp³-hybridized carbons (Fsp3) is 0.500. The van der Waals surface area contributed by atoms with Crippen LogP contribution >= 0.6 is 0 Å². The van der Waals surface area contributed by atoms with E-state index in [0.29, 0.717) is 19.5 Å². The highest BCUT2D eigenvalue weighted by Crippen LogP contribution is 2.29. The molecule has 1 aliphatic heterocycles. The number of methoxy groups -OCH3 is 1. The summed E-state index contributed by atoms with van der Waals surface area (Å²) < 4.78 is 31.5. The van der Waals surface area contributed by atoms with Crippen molar-refractivity contribution >= 4 is 21.4 Å². The van der Waals surface area contributed by atoms with Crippen molar-refractivity contribution in [3.8, 4) is 0 Å². The molecule has 1 aliphatic rings. The second kappa shape index (κ2) is 5.96. The number of hydrogen-bond acceptors (Lipinski definition) is 6. The lowest BCUT2D eigenvalue weighted by molar-refractivity contribution is -0.384. The average Bonchev–Trinajstić information content (AvgIpc) is 2.96. The molecule has 116 valence electrons. The molecule has 1 aromatic rings. The van der Waals surface area contributed by atoms with Gasteiger partial charge in [-0.15, -0.1) is 0 Å². The maximum atomic E-state index is 12.5. The Kier molecular flexibility index (Phi) is 4.45. The van der Waals surface area contributed by atoms with Gasteiger partial charge in [0, 0.05) is 33.3 Å². The van der Waals surface area contributed by atoms with Gasteiger partial charge in [-0.2, -0.15) is 4.31 Å². The summed E-state index contributed by atoms with van der Waals surface area (Å²) in [6.07, 6.45) is 0.531. The van der Waals surface area contributed by atoms with E-state index < -0.39 is 14.9 Å². The predicted octanol–water partition coefficient (Wildman–Crippen LogP) is 1.05. The number of nitro benzene ring substituents is 1. The van der Waals surface area contributed by atoms with Gasteiger partial charge in [-0.25, -0.2) is 8.42 Å². The van der Waals surface area contributed by atoms with Gasteiger partial charge in [0.15, 0.2) is 0 Å². The van der Waals surface area contributed by atoms with E-state index in [9.17, 15) is 18.5 Å². The van der Waals surface area contributed by atoms with E-state index in [1.807, 2.05) is 0 Å². The molecule has 0 spiro atoms. The molecule has 0 aliphatic carbocycles. The van der Waals surface area contributed by atoms with Crippen molar-refractivity contribution in [1.29, 1.82) is 0 Å². The molecule has 1 aromatic carbocycles. The molecule has 1 atom stereocenters. The van der Waals surface area contributed by atoms with Gasteiger partial charge in [0.25, 0.3) is 5.69 Å². The minimum Gasteiger partial charge on any atom is -0.383 e. The van der Waals surface area contributed by atoms with Gasteiger partial charge in [0.2, 0.25) is 10.0 Å². The number of nitro groups is 1. The molecule has 9 heteroatoms. The summed E-state index contributed by atoms with van der Waals surface area (Å²) in [7, 11) is -0.609. The Morgan fingerprint density at radius 3 is 2.71 bits per heavy atom. The summed E-state index contributed by atoms with van der Waals surface area (Å²) in [4.78, 5) is 10.3. The lowest BCUT2D eigenvalue weighted by Gasteiger charge is -2.16. The third-order valence-corrected chi connectivity index (χ3v) is 5.37. The second-order valence-electron chi connectivity index (χ2n) is 4.70. The van der Waals surface area contributed by atoms with Gasteiger partial charge in [-0.05, 0) is 18.6 Å². The number of hydrogen-bond donors (Lipinski definition) is 1. The van der Waals surface area contributed by atoms with Crippen LogP contribution in [0.15, 0.2) is 23.1 Å².